The molecule has 1 aromatic rings. The van der Waals surface area contributed by atoms with E-state index in [9.17, 15) is 15.2 Å². The average molecular weight is 325 g/mol. The summed E-state index contributed by atoms with van der Waals surface area (Å²) in [5.74, 6) is 0.367. The molecule has 1 aliphatic heterocycles. The number of nitrogens with one attached hydrogen (secondary N) is 1. The zero-order valence-electron chi connectivity index (χ0n) is 12.9. The van der Waals surface area contributed by atoms with Gasteiger partial charge < -0.3 is 15.2 Å². The van der Waals surface area contributed by atoms with Gasteiger partial charge in [-0.3, -0.25) is 15.0 Å². The highest BCUT2D eigenvalue weighted by Gasteiger charge is 2.45. The molecule has 1 saturated heterocycles. The number of nitro groups is 1. The lowest BCUT2D eigenvalue weighted by molar-refractivity contribution is -0.384. The molecule has 1 aromatic carbocycles. The van der Waals surface area contributed by atoms with Gasteiger partial charge in [-0.25, -0.2) is 0 Å². The molecule has 0 saturated carbocycles. The van der Waals surface area contributed by atoms with Crippen molar-refractivity contribution in [2.75, 3.05) is 12.0 Å². The summed E-state index contributed by atoms with van der Waals surface area (Å²) >= 11 is 5.32. The SMILES string of the molecule is COc1ccc(N2C(=S)NC(C)(C)C[C@@]2(C)O)c([N+](=O)[O-])c1. The molecule has 7 nitrogen and oxygen atoms in total. The summed E-state index contributed by atoms with van der Waals surface area (Å²) in [6.07, 6.45) is 0.351. The molecule has 1 atom stereocenters. The molecule has 1 fully saturated rings. The first kappa shape index (κ1) is 16.4. The third-order valence-corrected chi connectivity index (χ3v) is 3.81. The number of hydrogen-bond donors (Lipinski definition) is 2. The van der Waals surface area contributed by atoms with Crippen LogP contribution in [-0.2, 0) is 0 Å². The van der Waals surface area contributed by atoms with Crippen LogP contribution in [0.5, 0.6) is 5.75 Å². The Morgan fingerprint density at radius 2 is 2.09 bits per heavy atom. The Hall–Kier alpha value is -1.93. The first-order valence-electron chi connectivity index (χ1n) is 6.74. The molecule has 0 spiro atoms. The van der Waals surface area contributed by atoms with Gasteiger partial charge in [0.1, 0.15) is 17.2 Å². The van der Waals surface area contributed by atoms with Gasteiger partial charge in [-0.1, -0.05) is 0 Å². The summed E-state index contributed by atoms with van der Waals surface area (Å²) in [7, 11) is 1.44. The maximum absolute atomic E-state index is 11.4. The minimum absolute atomic E-state index is 0.177. The van der Waals surface area contributed by atoms with Gasteiger partial charge >= 0.3 is 0 Å². The number of rotatable bonds is 3. The van der Waals surface area contributed by atoms with E-state index in [0.717, 1.165) is 0 Å². The van der Waals surface area contributed by atoms with Gasteiger partial charge in [0.05, 0.1) is 18.1 Å². The fourth-order valence-corrected chi connectivity index (χ4v) is 3.43. The second-order valence-corrected chi connectivity index (χ2v) is 6.54. The van der Waals surface area contributed by atoms with Crippen molar-refractivity contribution in [3.8, 4) is 5.75 Å². The number of methoxy groups -OCH3 is 1. The lowest BCUT2D eigenvalue weighted by Crippen LogP contribution is -2.66. The van der Waals surface area contributed by atoms with Crippen LogP contribution in [0, 0.1) is 10.1 Å². The minimum Gasteiger partial charge on any atom is -0.496 e. The molecule has 22 heavy (non-hydrogen) atoms. The molecule has 1 heterocycles. The smallest absolute Gasteiger partial charge is 0.296 e. The molecule has 0 amide bonds. The van der Waals surface area contributed by atoms with Gasteiger partial charge in [0.15, 0.2) is 5.11 Å². The van der Waals surface area contributed by atoms with E-state index >= 15 is 0 Å². The Morgan fingerprint density at radius 1 is 1.45 bits per heavy atom. The quantitative estimate of drug-likeness (QED) is 0.500. The average Bonchev–Trinajstić information content (AvgIpc) is 2.35. The van der Waals surface area contributed by atoms with Gasteiger partial charge in [-0.15, -0.1) is 0 Å². The van der Waals surface area contributed by atoms with E-state index in [0.29, 0.717) is 12.2 Å². The van der Waals surface area contributed by atoms with Crippen molar-refractivity contribution < 1.29 is 14.8 Å². The normalized spacial score (nSPS) is 23.9. The molecule has 2 N–H and O–H groups in total. The highest BCUT2D eigenvalue weighted by Crippen LogP contribution is 2.39. The molecule has 0 aromatic heterocycles. The van der Waals surface area contributed by atoms with Crippen LogP contribution in [0.1, 0.15) is 27.2 Å². The van der Waals surface area contributed by atoms with Crippen molar-refractivity contribution in [3.63, 3.8) is 0 Å². The third-order valence-electron chi connectivity index (χ3n) is 3.53. The second-order valence-electron chi connectivity index (χ2n) is 6.15. The van der Waals surface area contributed by atoms with E-state index < -0.39 is 16.2 Å². The summed E-state index contributed by atoms with van der Waals surface area (Å²) < 4.78 is 5.03. The summed E-state index contributed by atoms with van der Waals surface area (Å²) in [6.45, 7) is 5.41. The monoisotopic (exact) mass is 325 g/mol. The number of nitrogens with zero attached hydrogens (tertiary/aromatic N) is 2. The van der Waals surface area contributed by atoms with Crippen molar-refractivity contribution in [3.05, 3.63) is 28.3 Å². The first-order valence-corrected chi connectivity index (χ1v) is 7.15. The van der Waals surface area contributed by atoms with Crippen LogP contribution in [-0.4, -0.2) is 33.5 Å². The second kappa shape index (κ2) is 5.36. The summed E-state index contributed by atoms with van der Waals surface area (Å²) in [5, 5.41) is 25.5. The topological polar surface area (TPSA) is 87.9 Å². The highest BCUT2D eigenvalue weighted by molar-refractivity contribution is 7.80. The van der Waals surface area contributed by atoms with Gasteiger partial charge in [0.2, 0.25) is 0 Å². The van der Waals surface area contributed by atoms with E-state index in [2.05, 4.69) is 5.32 Å². The van der Waals surface area contributed by atoms with Gasteiger partial charge in [-0.2, -0.15) is 0 Å². The molecular weight excluding hydrogens is 306 g/mol. The van der Waals surface area contributed by atoms with Crippen LogP contribution in [0.4, 0.5) is 11.4 Å². The summed E-state index contributed by atoms with van der Waals surface area (Å²) in [4.78, 5) is 12.2. The summed E-state index contributed by atoms with van der Waals surface area (Å²) in [6, 6.07) is 4.44. The molecule has 0 bridgehead atoms. The van der Waals surface area contributed by atoms with Crippen LogP contribution >= 0.6 is 12.2 Å². The van der Waals surface area contributed by atoms with Crippen molar-refractivity contribution in [1.82, 2.24) is 5.32 Å². The number of nitro benzene ring substituents is 1. The number of benzene rings is 1. The Labute approximate surface area is 134 Å². The molecule has 0 aliphatic carbocycles. The Balaban J connectivity index is 2.55. The molecular formula is C14H19N3O4S. The fourth-order valence-electron chi connectivity index (χ4n) is 2.86. The maximum atomic E-state index is 11.4. The Morgan fingerprint density at radius 3 is 2.59 bits per heavy atom. The number of hydrogen-bond acceptors (Lipinski definition) is 5. The summed E-state index contributed by atoms with van der Waals surface area (Å²) in [5.41, 5.74) is -1.70. The van der Waals surface area contributed by atoms with Crippen LogP contribution in [0.25, 0.3) is 0 Å². The third kappa shape index (κ3) is 2.97. The van der Waals surface area contributed by atoms with E-state index in [1.54, 1.807) is 13.0 Å². The minimum atomic E-state index is -1.34. The Bertz CT molecular complexity index is 631. The lowest BCUT2D eigenvalue weighted by Gasteiger charge is -2.49. The van der Waals surface area contributed by atoms with Gasteiger partial charge in [-0.05, 0) is 45.1 Å². The molecule has 0 radical (unpaired) electrons. The van der Waals surface area contributed by atoms with Crippen molar-refractivity contribution >= 4 is 28.7 Å². The van der Waals surface area contributed by atoms with Gasteiger partial charge in [0, 0.05) is 12.0 Å². The molecule has 0 unspecified atom stereocenters. The number of ether oxygens (including phenoxy) is 1. The lowest BCUT2D eigenvalue weighted by atomic mass is 9.90. The number of anilines is 1. The molecule has 1 aliphatic rings. The van der Waals surface area contributed by atoms with Crippen LogP contribution in [0.15, 0.2) is 18.2 Å². The maximum Gasteiger partial charge on any atom is 0.296 e. The number of thiocarbonyl (C=S) groups is 1. The van der Waals surface area contributed by atoms with E-state index in [1.165, 1.54) is 24.1 Å². The number of aliphatic hydroxyl groups is 1. The Kier molecular flexibility index (Phi) is 4.01. The predicted octanol–water partition coefficient (Wildman–Crippen LogP) is 2.18. The van der Waals surface area contributed by atoms with E-state index in [1.807, 2.05) is 13.8 Å². The molecule has 120 valence electrons. The first-order chi connectivity index (χ1) is 10.1. The zero-order valence-corrected chi connectivity index (χ0v) is 13.7. The van der Waals surface area contributed by atoms with Crippen molar-refractivity contribution in [1.29, 1.82) is 0 Å². The van der Waals surface area contributed by atoms with E-state index in [4.69, 9.17) is 17.0 Å². The van der Waals surface area contributed by atoms with Crippen molar-refractivity contribution in [2.45, 2.75) is 38.5 Å². The molecule has 2 rings (SSSR count). The van der Waals surface area contributed by atoms with E-state index in [-0.39, 0.29) is 16.5 Å². The molecule has 8 heteroatoms. The van der Waals surface area contributed by atoms with Crippen LogP contribution < -0.4 is 15.0 Å². The van der Waals surface area contributed by atoms with Gasteiger partial charge in [0.25, 0.3) is 5.69 Å². The zero-order chi connectivity index (χ0) is 16.7. The predicted molar refractivity (Wildman–Crippen MR) is 87.2 cm³/mol. The fraction of sp³-hybridized carbons (Fsp3) is 0.500. The largest absolute Gasteiger partial charge is 0.496 e. The van der Waals surface area contributed by atoms with Crippen LogP contribution in [0.2, 0.25) is 0 Å². The van der Waals surface area contributed by atoms with Crippen LogP contribution in [0.3, 0.4) is 0 Å². The standard InChI is InChI=1S/C14H19N3O4S/c1-13(2)8-14(3,18)16(12(22)15-13)10-6-5-9(21-4)7-11(10)17(19)20/h5-7,18H,8H2,1-4H3,(H,15,22)/t14-/m1/s1. The van der Waals surface area contributed by atoms with Crippen molar-refractivity contribution in [2.24, 2.45) is 0 Å². The highest BCUT2D eigenvalue weighted by atomic mass is 32.1.